The quantitative estimate of drug-likeness (QED) is 0.0679. The molecule has 0 bridgehead atoms. The van der Waals surface area contributed by atoms with Crippen molar-refractivity contribution < 1.29 is 33.3 Å². The highest BCUT2D eigenvalue weighted by molar-refractivity contribution is 8.77. The van der Waals surface area contributed by atoms with E-state index in [0.717, 1.165) is 6.42 Å². The number of alkyl carbamates (subject to hydrolysis) is 2. The summed E-state index contributed by atoms with van der Waals surface area (Å²) < 4.78 is 26.2. The Balaban J connectivity index is 3.52. The predicted molar refractivity (Wildman–Crippen MR) is 137 cm³/mol. The minimum Gasteiger partial charge on any atom is -0.450 e. The van der Waals surface area contributed by atoms with Crippen LogP contribution in [0, 0.1) is 11.7 Å². The number of nitrogens with one attached hydrogen (secondary N) is 2. The van der Waals surface area contributed by atoms with Crippen LogP contribution in [0.25, 0.3) is 0 Å². The fraction of sp³-hybridized carbons (Fsp3) is 0.810. The minimum atomic E-state index is -0.506. The van der Waals surface area contributed by atoms with Crippen molar-refractivity contribution in [3.63, 3.8) is 0 Å². The van der Waals surface area contributed by atoms with Crippen LogP contribution in [0.4, 0.5) is 9.59 Å². The van der Waals surface area contributed by atoms with E-state index in [-0.39, 0.29) is 11.3 Å². The van der Waals surface area contributed by atoms with Crippen molar-refractivity contribution in [1.29, 1.82) is 0 Å². The highest BCUT2D eigenvalue weighted by Gasteiger charge is 2.19. The third-order valence-corrected chi connectivity index (χ3v) is 6.87. The Labute approximate surface area is 212 Å². The van der Waals surface area contributed by atoms with E-state index in [0.29, 0.717) is 78.1 Å². The molecule has 13 heteroatoms. The Bertz CT molecular complexity index is 592. The van der Waals surface area contributed by atoms with Crippen LogP contribution in [0.1, 0.15) is 33.1 Å². The first-order valence-electron chi connectivity index (χ1n) is 11.1. The fourth-order valence-corrected chi connectivity index (χ4v) is 4.35. The molecule has 0 rings (SSSR count). The van der Waals surface area contributed by atoms with E-state index in [9.17, 15) is 9.59 Å². The molecule has 0 fully saturated rings. The van der Waals surface area contributed by atoms with Gasteiger partial charge in [0.25, 0.3) is 0 Å². The number of carbonyl (C=O) groups excluding carboxylic acids is 2. The molecular weight excluding hydrogens is 481 g/mol. The van der Waals surface area contributed by atoms with Crippen LogP contribution in [0.5, 0.6) is 0 Å². The number of hydrogen-bond donors (Lipinski definition) is 3. The van der Waals surface area contributed by atoms with E-state index in [2.05, 4.69) is 36.2 Å². The lowest BCUT2D eigenvalue weighted by Crippen LogP contribution is -2.29. The normalized spacial score (nSPS) is 10.8. The van der Waals surface area contributed by atoms with E-state index in [1.807, 2.05) is 0 Å². The monoisotopic (exact) mass is 519 g/mol. The molecule has 0 aliphatic carbocycles. The maximum absolute atomic E-state index is 11.7. The summed E-state index contributed by atoms with van der Waals surface area (Å²) in [6.45, 7) is 8.32. The van der Waals surface area contributed by atoms with Crippen LogP contribution in [0.15, 0.2) is 0 Å². The lowest BCUT2D eigenvalue weighted by Gasteiger charge is -2.22. The summed E-state index contributed by atoms with van der Waals surface area (Å²) in [5.74, 6) is 5.25. The smallest absolute Gasteiger partial charge is 0.407 e. The average Bonchev–Trinajstić information content (AvgIpc) is 2.79. The summed E-state index contributed by atoms with van der Waals surface area (Å²) in [5, 5.41) is 5.11. The Morgan fingerprint density at radius 2 is 1.59 bits per heavy atom. The van der Waals surface area contributed by atoms with Gasteiger partial charge in [-0.15, -0.1) is 0 Å². The van der Waals surface area contributed by atoms with Gasteiger partial charge in [0, 0.05) is 24.4 Å². The second-order valence-corrected chi connectivity index (χ2v) is 10.3. The second-order valence-electron chi connectivity index (χ2n) is 7.33. The lowest BCUT2D eigenvalue weighted by molar-refractivity contribution is 0.0512. The van der Waals surface area contributed by atoms with Crippen LogP contribution in [-0.4, -0.2) is 96.6 Å². The first-order chi connectivity index (χ1) is 16.4. The van der Waals surface area contributed by atoms with Gasteiger partial charge in [-0.2, -0.15) is 5.82 Å². The molecule has 0 saturated carbocycles. The zero-order valence-electron chi connectivity index (χ0n) is 20.2. The number of unbranched alkanes of at least 4 members (excludes halogenated alkanes) is 1. The molecule has 2 radical (unpaired) electrons. The van der Waals surface area contributed by atoms with Crippen molar-refractivity contribution >= 4 is 41.6 Å². The largest absolute Gasteiger partial charge is 0.450 e. The summed E-state index contributed by atoms with van der Waals surface area (Å²) in [5.41, 5.74) is 5.31. The number of nitrogens with two attached hydrogens (primary N) is 1. The van der Waals surface area contributed by atoms with Gasteiger partial charge in [-0.1, -0.05) is 27.5 Å². The molecule has 2 amide bonds. The molecule has 0 unspecified atom stereocenters. The fourth-order valence-electron chi connectivity index (χ4n) is 2.08. The molecule has 34 heavy (non-hydrogen) atoms. The van der Waals surface area contributed by atoms with Gasteiger partial charge in [0.2, 0.25) is 0 Å². The number of amides is 2. The van der Waals surface area contributed by atoms with E-state index in [1.54, 1.807) is 21.6 Å². The van der Waals surface area contributed by atoms with Crippen LogP contribution in [0.2, 0.25) is 0 Å². The summed E-state index contributed by atoms with van der Waals surface area (Å²) >= 11 is 0. The van der Waals surface area contributed by atoms with Crippen molar-refractivity contribution in [2.75, 3.05) is 71.8 Å². The molecule has 0 aromatic rings. The van der Waals surface area contributed by atoms with Crippen molar-refractivity contribution in [1.82, 2.24) is 10.6 Å². The van der Waals surface area contributed by atoms with Crippen LogP contribution in [0.3, 0.4) is 0 Å². The third kappa shape index (κ3) is 23.8. The molecule has 10 nitrogen and oxygen atoms in total. The average molecular weight is 519 g/mol. The van der Waals surface area contributed by atoms with Crippen LogP contribution in [-0.2, 0) is 23.7 Å². The highest BCUT2D eigenvalue weighted by atomic mass is 33.1. The Hall–Kier alpha value is -1.30. The molecule has 194 valence electrons. The Kier molecular flexibility index (Phi) is 22.6. The van der Waals surface area contributed by atoms with Gasteiger partial charge >= 0.3 is 12.2 Å². The summed E-state index contributed by atoms with van der Waals surface area (Å²) in [6, 6.07) is 0. The van der Waals surface area contributed by atoms with Crippen LogP contribution < -0.4 is 16.4 Å². The molecule has 0 aromatic heterocycles. The zero-order chi connectivity index (χ0) is 25.3. The van der Waals surface area contributed by atoms with Gasteiger partial charge in [-0.05, 0) is 33.1 Å². The maximum atomic E-state index is 11.7. The predicted octanol–water partition coefficient (Wildman–Crippen LogP) is 1.86. The van der Waals surface area contributed by atoms with E-state index in [1.165, 1.54) is 0 Å². The molecule has 0 saturated heterocycles. The summed E-state index contributed by atoms with van der Waals surface area (Å²) in [4.78, 5) is 23.0. The second kappa shape index (κ2) is 23.4. The number of hydrogen-bond acceptors (Lipinski definition) is 10. The molecule has 0 spiro atoms. The lowest BCUT2D eigenvalue weighted by atomic mass is 10.1. The Morgan fingerprint density at radius 1 is 0.912 bits per heavy atom. The molecule has 0 aliphatic heterocycles. The van der Waals surface area contributed by atoms with Crippen molar-refractivity contribution in [2.45, 2.75) is 37.9 Å². The topological polar surface area (TPSA) is 130 Å². The van der Waals surface area contributed by atoms with E-state index < -0.39 is 12.2 Å². The molecule has 0 atom stereocenters. The number of carbonyl (C=O) groups is 2. The maximum Gasteiger partial charge on any atom is 0.407 e. The molecule has 0 heterocycles. The first kappa shape index (κ1) is 32.7. The molecule has 0 aromatic carbocycles. The molecular formula is C21H38BN3O7S2. The highest BCUT2D eigenvalue weighted by Crippen LogP contribution is 2.37. The van der Waals surface area contributed by atoms with Gasteiger partial charge in [-0.25, -0.2) is 9.59 Å². The summed E-state index contributed by atoms with van der Waals surface area (Å²) in [6.07, 6.45) is 1.26. The standard InChI is InChI=1S/C21H38BN3O7S2/c1-21(2,6-13-32-20(27)25-10-15-29-17-16-28-14-8-23)34-33-18-30-11-3-4-12-31-19(26)24-9-5-7-22/h3-4,6,8-18,23H2,1-2H3,(H,24,26)(H,25,27). The van der Waals surface area contributed by atoms with Crippen molar-refractivity contribution in [3.8, 4) is 11.7 Å². The number of ether oxygens (including phenoxy) is 5. The number of rotatable bonds is 21. The van der Waals surface area contributed by atoms with Gasteiger partial charge < -0.3 is 40.1 Å². The van der Waals surface area contributed by atoms with Gasteiger partial charge in [0.15, 0.2) is 7.85 Å². The first-order valence-corrected chi connectivity index (χ1v) is 13.5. The van der Waals surface area contributed by atoms with Crippen LogP contribution >= 0.6 is 21.6 Å². The van der Waals surface area contributed by atoms with E-state index in [4.69, 9.17) is 37.3 Å². The van der Waals surface area contributed by atoms with Gasteiger partial charge in [0.05, 0.1) is 46.2 Å². The molecule has 4 N–H and O–H groups in total. The van der Waals surface area contributed by atoms with Gasteiger partial charge in [-0.3, -0.25) is 0 Å². The van der Waals surface area contributed by atoms with Crippen molar-refractivity contribution in [2.24, 2.45) is 5.73 Å². The SMILES string of the molecule is [B]C#CCNC(=O)OCCCCOCSSC(C)(C)CCOC(=O)NCCOCCOCCN. The third-order valence-electron chi connectivity index (χ3n) is 3.84. The Morgan fingerprint density at radius 3 is 2.32 bits per heavy atom. The van der Waals surface area contributed by atoms with E-state index >= 15 is 0 Å². The van der Waals surface area contributed by atoms with Crippen molar-refractivity contribution in [3.05, 3.63) is 0 Å². The zero-order valence-corrected chi connectivity index (χ0v) is 21.9. The minimum absolute atomic E-state index is 0.0730. The van der Waals surface area contributed by atoms with Gasteiger partial charge in [0.1, 0.15) is 5.94 Å². The summed E-state index contributed by atoms with van der Waals surface area (Å²) in [7, 11) is 8.29. The molecule has 0 aliphatic rings.